The third-order valence-corrected chi connectivity index (χ3v) is 3.72. The predicted molar refractivity (Wildman–Crippen MR) is 61.8 cm³/mol. The topological polar surface area (TPSA) is 18.5 Å². The van der Waals surface area contributed by atoms with Crippen molar-refractivity contribution in [3.63, 3.8) is 0 Å². The molecule has 2 nitrogen and oxygen atoms in total. The van der Waals surface area contributed by atoms with Crippen molar-refractivity contribution in [3.8, 4) is 0 Å². The number of benzene rings is 1. The lowest BCUT2D eigenvalue weighted by atomic mass is 9.94. The average Bonchev–Trinajstić information content (AvgIpc) is 2.52. The Labute approximate surface area is 96.6 Å². The van der Waals surface area contributed by atoms with Crippen LogP contribution in [0.2, 0.25) is 0 Å². The van der Waals surface area contributed by atoms with E-state index in [2.05, 4.69) is 24.3 Å². The summed E-state index contributed by atoms with van der Waals surface area (Å²) in [5.41, 5.74) is 2.56. The molecular formula is C14H18O2. The van der Waals surface area contributed by atoms with Crippen molar-refractivity contribution in [3.05, 3.63) is 35.4 Å². The van der Waals surface area contributed by atoms with Crippen LogP contribution in [-0.4, -0.2) is 5.79 Å². The molecule has 0 amide bonds. The maximum atomic E-state index is 6.04. The Morgan fingerprint density at radius 2 is 1.38 bits per heavy atom. The first-order valence-electron chi connectivity index (χ1n) is 6.23. The lowest BCUT2D eigenvalue weighted by Crippen LogP contribution is -2.36. The van der Waals surface area contributed by atoms with Crippen LogP contribution in [0.1, 0.15) is 43.2 Å². The number of rotatable bonds is 0. The highest BCUT2D eigenvalue weighted by Gasteiger charge is 2.35. The van der Waals surface area contributed by atoms with E-state index in [4.69, 9.17) is 9.47 Å². The Kier molecular flexibility index (Phi) is 2.70. The summed E-state index contributed by atoms with van der Waals surface area (Å²) in [6, 6.07) is 8.42. The van der Waals surface area contributed by atoms with E-state index in [1.165, 1.54) is 30.4 Å². The molecule has 0 bridgehead atoms. The Hall–Kier alpha value is -0.860. The van der Waals surface area contributed by atoms with Gasteiger partial charge < -0.3 is 9.47 Å². The van der Waals surface area contributed by atoms with Crippen molar-refractivity contribution in [1.82, 2.24) is 0 Å². The monoisotopic (exact) mass is 218 g/mol. The van der Waals surface area contributed by atoms with E-state index in [1.807, 2.05) is 0 Å². The lowest BCUT2D eigenvalue weighted by Gasteiger charge is -2.35. The fraction of sp³-hybridized carbons (Fsp3) is 0.571. The first-order valence-corrected chi connectivity index (χ1v) is 6.23. The Balaban J connectivity index is 1.81. The second-order valence-corrected chi connectivity index (χ2v) is 4.82. The second-order valence-electron chi connectivity index (χ2n) is 4.82. The van der Waals surface area contributed by atoms with Gasteiger partial charge in [-0.2, -0.15) is 0 Å². The molecule has 1 aromatic carbocycles. The smallest absolute Gasteiger partial charge is 0.169 e. The molecule has 16 heavy (non-hydrogen) atoms. The van der Waals surface area contributed by atoms with Crippen LogP contribution < -0.4 is 0 Å². The van der Waals surface area contributed by atoms with Gasteiger partial charge in [-0.05, 0) is 24.0 Å². The van der Waals surface area contributed by atoms with E-state index >= 15 is 0 Å². The molecule has 1 spiro atoms. The minimum absolute atomic E-state index is 0.280. The normalized spacial score (nSPS) is 23.8. The summed E-state index contributed by atoms with van der Waals surface area (Å²) in [5, 5.41) is 0. The molecule has 1 aromatic rings. The van der Waals surface area contributed by atoms with E-state index in [9.17, 15) is 0 Å². The molecule has 2 heteroatoms. The van der Waals surface area contributed by atoms with Gasteiger partial charge in [0.25, 0.3) is 0 Å². The van der Waals surface area contributed by atoms with Gasteiger partial charge in [0.15, 0.2) is 5.79 Å². The van der Waals surface area contributed by atoms with Crippen LogP contribution in [0.5, 0.6) is 0 Å². The summed E-state index contributed by atoms with van der Waals surface area (Å²) < 4.78 is 12.1. The van der Waals surface area contributed by atoms with Crippen molar-refractivity contribution in [1.29, 1.82) is 0 Å². The van der Waals surface area contributed by atoms with Crippen molar-refractivity contribution in [2.45, 2.75) is 51.1 Å². The zero-order valence-electron chi connectivity index (χ0n) is 9.58. The molecule has 0 unspecified atom stereocenters. The van der Waals surface area contributed by atoms with Crippen molar-refractivity contribution >= 4 is 0 Å². The van der Waals surface area contributed by atoms with Gasteiger partial charge in [-0.3, -0.25) is 0 Å². The molecule has 3 rings (SSSR count). The SMILES string of the molecule is c1ccc2c(c1)COC1(CCCCC1)OC2. The van der Waals surface area contributed by atoms with E-state index in [0.29, 0.717) is 13.2 Å². The molecule has 2 aliphatic rings. The van der Waals surface area contributed by atoms with Crippen LogP contribution in [0.4, 0.5) is 0 Å². The van der Waals surface area contributed by atoms with Crippen LogP contribution in [0.15, 0.2) is 24.3 Å². The summed E-state index contributed by atoms with van der Waals surface area (Å²) in [7, 11) is 0. The molecule has 1 aliphatic carbocycles. The summed E-state index contributed by atoms with van der Waals surface area (Å²) in [6.07, 6.45) is 5.90. The minimum atomic E-state index is -0.280. The highest BCUT2D eigenvalue weighted by molar-refractivity contribution is 5.26. The van der Waals surface area contributed by atoms with Crippen molar-refractivity contribution in [2.75, 3.05) is 0 Å². The van der Waals surface area contributed by atoms with Crippen LogP contribution in [-0.2, 0) is 22.7 Å². The Morgan fingerprint density at radius 1 is 0.812 bits per heavy atom. The molecule has 1 saturated carbocycles. The fourth-order valence-electron chi connectivity index (χ4n) is 2.68. The molecule has 1 aliphatic heterocycles. The number of hydrogen-bond donors (Lipinski definition) is 0. The van der Waals surface area contributed by atoms with Gasteiger partial charge >= 0.3 is 0 Å². The van der Waals surface area contributed by atoms with Gasteiger partial charge in [0, 0.05) is 12.8 Å². The standard InChI is InChI=1S/C14H18O2/c1-4-8-14(9-5-1)15-10-12-6-2-3-7-13(12)11-16-14/h2-3,6-7H,1,4-5,8-11H2. The van der Waals surface area contributed by atoms with E-state index in [1.54, 1.807) is 0 Å². The zero-order valence-corrected chi connectivity index (χ0v) is 9.58. The second kappa shape index (κ2) is 4.19. The first-order chi connectivity index (χ1) is 7.88. The van der Waals surface area contributed by atoms with E-state index in [-0.39, 0.29) is 5.79 Å². The molecule has 0 N–H and O–H groups in total. The summed E-state index contributed by atoms with van der Waals surface area (Å²) in [4.78, 5) is 0. The van der Waals surface area contributed by atoms with Crippen molar-refractivity contribution in [2.24, 2.45) is 0 Å². The Morgan fingerprint density at radius 3 is 1.94 bits per heavy atom. The maximum Gasteiger partial charge on any atom is 0.169 e. The molecule has 0 aromatic heterocycles. The fourth-order valence-corrected chi connectivity index (χ4v) is 2.68. The van der Waals surface area contributed by atoms with Gasteiger partial charge in [0.05, 0.1) is 13.2 Å². The van der Waals surface area contributed by atoms with Crippen LogP contribution in [0.25, 0.3) is 0 Å². The predicted octanol–water partition coefficient (Wildman–Crippen LogP) is 3.39. The van der Waals surface area contributed by atoms with Gasteiger partial charge in [-0.15, -0.1) is 0 Å². The lowest BCUT2D eigenvalue weighted by molar-refractivity contribution is -0.258. The van der Waals surface area contributed by atoms with Crippen LogP contribution in [0, 0.1) is 0 Å². The van der Waals surface area contributed by atoms with Crippen LogP contribution in [0.3, 0.4) is 0 Å². The number of ether oxygens (including phenoxy) is 2. The molecule has 1 fully saturated rings. The maximum absolute atomic E-state index is 6.04. The molecule has 86 valence electrons. The zero-order chi connectivity index (χ0) is 10.8. The van der Waals surface area contributed by atoms with E-state index < -0.39 is 0 Å². The summed E-state index contributed by atoms with van der Waals surface area (Å²) in [5.74, 6) is -0.280. The molecule has 0 saturated heterocycles. The molecule has 0 atom stereocenters. The number of hydrogen-bond acceptors (Lipinski definition) is 2. The van der Waals surface area contributed by atoms with Gasteiger partial charge in [-0.1, -0.05) is 30.7 Å². The van der Waals surface area contributed by atoms with E-state index in [0.717, 1.165) is 12.8 Å². The van der Waals surface area contributed by atoms with Crippen molar-refractivity contribution < 1.29 is 9.47 Å². The first kappa shape index (κ1) is 10.3. The molecular weight excluding hydrogens is 200 g/mol. The molecule has 0 radical (unpaired) electrons. The third kappa shape index (κ3) is 1.87. The Bertz CT molecular complexity index is 338. The van der Waals surface area contributed by atoms with Crippen LogP contribution >= 0.6 is 0 Å². The summed E-state index contributed by atoms with van der Waals surface area (Å²) >= 11 is 0. The molecule has 1 heterocycles. The highest BCUT2D eigenvalue weighted by atomic mass is 16.7. The number of fused-ring (bicyclic) bond motifs is 1. The average molecular weight is 218 g/mol. The van der Waals surface area contributed by atoms with Gasteiger partial charge in [0.2, 0.25) is 0 Å². The van der Waals surface area contributed by atoms with Gasteiger partial charge in [0.1, 0.15) is 0 Å². The van der Waals surface area contributed by atoms with Gasteiger partial charge in [-0.25, -0.2) is 0 Å². The largest absolute Gasteiger partial charge is 0.345 e. The quantitative estimate of drug-likeness (QED) is 0.664. The minimum Gasteiger partial charge on any atom is -0.345 e. The highest BCUT2D eigenvalue weighted by Crippen LogP contribution is 2.36. The third-order valence-electron chi connectivity index (χ3n) is 3.72. The summed E-state index contributed by atoms with van der Waals surface area (Å²) in [6.45, 7) is 1.41.